The van der Waals surface area contributed by atoms with Crippen LogP contribution in [0.25, 0.3) is 77.2 Å². The Labute approximate surface area is 274 Å². The Morgan fingerprint density at radius 1 is 0.404 bits per heavy atom. The smallest absolute Gasteiger partial charge is 0.0549 e. The average Bonchev–Trinajstić information content (AvgIpc) is 3.65. The van der Waals surface area contributed by atoms with Crippen LogP contribution in [0.3, 0.4) is 0 Å². The lowest BCUT2D eigenvalue weighted by atomic mass is 9.99. The van der Waals surface area contributed by atoms with Crippen molar-refractivity contribution in [2.24, 2.45) is 0 Å². The van der Waals surface area contributed by atoms with E-state index in [1.807, 2.05) is 0 Å². The third-order valence-corrected chi connectivity index (χ3v) is 9.62. The number of fused-ring (bicyclic) bond motifs is 7. The molecular weight excluding hydrogens is 569 g/mol. The molecule has 0 saturated heterocycles. The molecule has 0 bridgehead atoms. The molecule has 0 radical (unpaired) electrons. The first kappa shape index (κ1) is 27.5. The molecule has 7 aromatic carbocycles. The Balaban J connectivity index is 1.38. The van der Waals surface area contributed by atoms with Crippen molar-refractivity contribution in [3.63, 3.8) is 0 Å². The highest BCUT2D eigenvalue weighted by atomic mass is 15.0. The lowest BCUT2D eigenvalue weighted by Gasteiger charge is -2.15. The van der Waals surface area contributed by atoms with Crippen molar-refractivity contribution in [3.8, 4) is 33.6 Å². The van der Waals surface area contributed by atoms with Gasteiger partial charge in [-0.1, -0.05) is 141 Å². The number of rotatable bonds is 6. The first-order chi connectivity index (χ1) is 23.3. The monoisotopic (exact) mass is 602 g/mol. The third kappa shape index (κ3) is 4.33. The van der Waals surface area contributed by atoms with Crippen LogP contribution in [0, 0.1) is 0 Å². The maximum atomic E-state index is 2.48. The molecule has 0 spiro atoms. The van der Waals surface area contributed by atoms with E-state index in [1.54, 1.807) is 0 Å². The van der Waals surface area contributed by atoms with E-state index in [-0.39, 0.29) is 0 Å². The summed E-state index contributed by atoms with van der Waals surface area (Å²) in [6.07, 6.45) is 2.22. The van der Waals surface area contributed by atoms with Crippen molar-refractivity contribution < 1.29 is 0 Å². The fourth-order valence-electron chi connectivity index (χ4n) is 7.66. The molecule has 0 aliphatic heterocycles. The van der Waals surface area contributed by atoms with Gasteiger partial charge >= 0.3 is 0 Å². The van der Waals surface area contributed by atoms with E-state index >= 15 is 0 Å². The number of benzene rings is 7. The van der Waals surface area contributed by atoms with E-state index in [1.165, 1.54) is 82.8 Å². The van der Waals surface area contributed by atoms with Gasteiger partial charge < -0.3 is 9.13 Å². The van der Waals surface area contributed by atoms with Gasteiger partial charge in [0.25, 0.3) is 0 Å². The van der Waals surface area contributed by atoms with Crippen molar-refractivity contribution in [3.05, 3.63) is 169 Å². The zero-order valence-electron chi connectivity index (χ0n) is 26.4. The van der Waals surface area contributed by atoms with E-state index < -0.39 is 0 Å². The van der Waals surface area contributed by atoms with Crippen LogP contribution in [0.1, 0.15) is 18.9 Å². The van der Waals surface area contributed by atoms with Crippen LogP contribution in [-0.4, -0.2) is 9.13 Å². The van der Waals surface area contributed by atoms with Gasteiger partial charge in [-0.3, -0.25) is 0 Å². The molecule has 9 aromatic rings. The normalized spacial score (nSPS) is 11.7. The summed E-state index contributed by atoms with van der Waals surface area (Å²) in [5, 5.41) is 5.11. The number of hydrogen-bond acceptors (Lipinski definition) is 0. The number of aryl methyl sites for hydroxylation is 1. The van der Waals surface area contributed by atoms with E-state index in [9.17, 15) is 0 Å². The zero-order chi connectivity index (χ0) is 31.3. The highest BCUT2D eigenvalue weighted by Gasteiger charge is 2.22. The number of hydrogen-bond donors (Lipinski definition) is 0. The van der Waals surface area contributed by atoms with Crippen molar-refractivity contribution in [1.29, 1.82) is 0 Å². The summed E-state index contributed by atoms with van der Waals surface area (Å²) in [7, 11) is 0. The number of nitrogens with zero attached hydrogens (tertiary/aromatic N) is 2. The Hall–Kier alpha value is -5.86. The second kappa shape index (κ2) is 11.2. The zero-order valence-corrected chi connectivity index (χ0v) is 26.4. The predicted molar refractivity (Wildman–Crippen MR) is 200 cm³/mol. The summed E-state index contributed by atoms with van der Waals surface area (Å²) in [4.78, 5) is 0. The fraction of sp³-hybridized carbons (Fsp3) is 0.0667. The maximum Gasteiger partial charge on any atom is 0.0549 e. The second-order valence-corrected chi connectivity index (χ2v) is 12.4. The van der Waals surface area contributed by atoms with Crippen molar-refractivity contribution >= 4 is 43.6 Å². The summed E-state index contributed by atoms with van der Waals surface area (Å²) >= 11 is 0. The van der Waals surface area contributed by atoms with Crippen LogP contribution in [0.5, 0.6) is 0 Å². The van der Waals surface area contributed by atoms with Gasteiger partial charge in [0.1, 0.15) is 0 Å². The second-order valence-electron chi connectivity index (χ2n) is 12.4. The lowest BCUT2D eigenvalue weighted by Crippen LogP contribution is -1.98. The molecule has 2 heteroatoms. The van der Waals surface area contributed by atoms with Gasteiger partial charge in [-0.15, -0.1) is 0 Å². The van der Waals surface area contributed by atoms with Crippen LogP contribution in [0.2, 0.25) is 0 Å². The van der Waals surface area contributed by atoms with Crippen molar-refractivity contribution in [1.82, 2.24) is 9.13 Å². The van der Waals surface area contributed by atoms with Gasteiger partial charge in [0.05, 0.1) is 33.4 Å². The molecule has 0 N–H and O–H groups in total. The first-order valence-electron chi connectivity index (χ1n) is 16.6. The summed E-state index contributed by atoms with van der Waals surface area (Å²) < 4.78 is 4.95. The largest absolute Gasteiger partial charge is 0.309 e. The summed E-state index contributed by atoms with van der Waals surface area (Å²) in [6, 6.07) is 59.9. The van der Waals surface area contributed by atoms with Crippen LogP contribution >= 0.6 is 0 Å². The highest BCUT2D eigenvalue weighted by Crippen LogP contribution is 2.44. The molecular formula is C45H34N2. The predicted octanol–water partition coefficient (Wildman–Crippen LogP) is 12.2. The molecule has 0 aliphatic carbocycles. The van der Waals surface area contributed by atoms with Gasteiger partial charge in [0.2, 0.25) is 0 Å². The van der Waals surface area contributed by atoms with Crippen LogP contribution in [-0.2, 0) is 6.42 Å². The Morgan fingerprint density at radius 2 is 0.894 bits per heavy atom. The minimum absolute atomic E-state index is 1.08. The summed E-state index contributed by atoms with van der Waals surface area (Å²) in [5.74, 6) is 0. The SMILES string of the molecule is CCCc1cccc(-c2ccccc2-n2c3ccccc3c3c4c5ccccc5n(-c5ccccc5-c5ccccc5)c4ccc32)c1. The van der Waals surface area contributed by atoms with Gasteiger partial charge in [0, 0.05) is 32.7 Å². The van der Waals surface area contributed by atoms with Crippen molar-refractivity contribution in [2.45, 2.75) is 19.8 Å². The topological polar surface area (TPSA) is 9.86 Å². The molecule has 0 unspecified atom stereocenters. The lowest BCUT2D eigenvalue weighted by molar-refractivity contribution is 0.922. The third-order valence-electron chi connectivity index (χ3n) is 9.62. The fourth-order valence-corrected chi connectivity index (χ4v) is 7.66. The van der Waals surface area contributed by atoms with E-state index in [0.29, 0.717) is 0 Å². The van der Waals surface area contributed by atoms with Gasteiger partial charge in [0.15, 0.2) is 0 Å². The van der Waals surface area contributed by atoms with E-state index in [4.69, 9.17) is 0 Å². The van der Waals surface area contributed by atoms with E-state index in [0.717, 1.165) is 12.8 Å². The minimum Gasteiger partial charge on any atom is -0.309 e. The summed E-state index contributed by atoms with van der Waals surface area (Å²) in [6.45, 7) is 2.25. The number of para-hydroxylation sites is 4. The van der Waals surface area contributed by atoms with Crippen LogP contribution in [0.4, 0.5) is 0 Å². The maximum absolute atomic E-state index is 2.48. The Bertz CT molecular complexity index is 2580. The quantitative estimate of drug-likeness (QED) is 0.179. The standard InChI is InChI=1S/C45H34N2/c1-2-15-31-16-14-19-33(30-31)35-21-7-11-25-39(35)47-41-27-13-9-23-37(41)45-43(47)29-28-42-44(45)36-22-8-12-26-40(36)46(42)38-24-10-6-20-34(38)32-17-4-3-5-18-32/h3-14,16-30H,2,15H2,1H3. The highest BCUT2D eigenvalue weighted by molar-refractivity contribution is 6.29. The molecule has 0 atom stereocenters. The van der Waals surface area contributed by atoms with Crippen LogP contribution in [0.15, 0.2) is 164 Å². The first-order valence-corrected chi connectivity index (χ1v) is 16.6. The molecule has 0 saturated carbocycles. The molecule has 47 heavy (non-hydrogen) atoms. The Kier molecular flexibility index (Phi) is 6.53. The molecule has 2 heterocycles. The molecule has 0 aliphatic rings. The summed E-state index contributed by atoms with van der Waals surface area (Å²) in [5.41, 5.74) is 13.6. The minimum atomic E-state index is 1.08. The van der Waals surface area contributed by atoms with Crippen molar-refractivity contribution in [2.75, 3.05) is 0 Å². The molecule has 9 rings (SSSR count). The Morgan fingerprint density at radius 3 is 1.49 bits per heavy atom. The van der Waals surface area contributed by atoms with Crippen LogP contribution < -0.4 is 0 Å². The molecule has 2 nitrogen and oxygen atoms in total. The number of aromatic nitrogens is 2. The van der Waals surface area contributed by atoms with E-state index in [2.05, 4.69) is 180 Å². The molecule has 0 fully saturated rings. The molecule has 2 aromatic heterocycles. The molecule has 0 amide bonds. The van der Waals surface area contributed by atoms with Gasteiger partial charge in [-0.25, -0.2) is 0 Å². The molecule has 224 valence electrons. The average molecular weight is 603 g/mol. The van der Waals surface area contributed by atoms with Gasteiger partial charge in [-0.05, 0) is 59.5 Å². The van der Waals surface area contributed by atoms with Gasteiger partial charge in [-0.2, -0.15) is 0 Å².